The second-order valence-corrected chi connectivity index (χ2v) is 4.31. The molecule has 80 valence electrons. The SMILES string of the molecule is c1ccc(-c2ccccc2C2CNC2)cc1. The highest BCUT2D eigenvalue weighted by molar-refractivity contribution is 5.68. The zero-order valence-electron chi connectivity index (χ0n) is 9.19. The minimum absolute atomic E-state index is 0.691. The van der Waals surface area contributed by atoms with Gasteiger partial charge in [0.1, 0.15) is 0 Å². The van der Waals surface area contributed by atoms with E-state index in [1.807, 2.05) is 0 Å². The van der Waals surface area contributed by atoms with Crippen molar-refractivity contribution >= 4 is 0 Å². The van der Waals surface area contributed by atoms with Gasteiger partial charge in [0.05, 0.1) is 0 Å². The maximum absolute atomic E-state index is 3.34. The van der Waals surface area contributed by atoms with Crippen LogP contribution in [0.4, 0.5) is 0 Å². The van der Waals surface area contributed by atoms with Crippen molar-refractivity contribution in [3.8, 4) is 11.1 Å². The summed E-state index contributed by atoms with van der Waals surface area (Å²) < 4.78 is 0. The molecule has 0 unspecified atom stereocenters. The van der Waals surface area contributed by atoms with Gasteiger partial charge in [0.25, 0.3) is 0 Å². The molecular formula is C15H15N. The summed E-state index contributed by atoms with van der Waals surface area (Å²) in [7, 11) is 0. The molecule has 3 rings (SSSR count). The van der Waals surface area contributed by atoms with Crippen molar-refractivity contribution in [1.82, 2.24) is 5.32 Å². The third-order valence-electron chi connectivity index (χ3n) is 3.27. The van der Waals surface area contributed by atoms with E-state index in [1.165, 1.54) is 16.7 Å². The molecule has 0 aromatic heterocycles. The van der Waals surface area contributed by atoms with Crippen LogP contribution in [0.5, 0.6) is 0 Å². The summed E-state index contributed by atoms with van der Waals surface area (Å²) in [5.74, 6) is 0.691. The van der Waals surface area contributed by atoms with Gasteiger partial charge in [0.2, 0.25) is 0 Å². The second kappa shape index (κ2) is 4.11. The van der Waals surface area contributed by atoms with E-state index in [9.17, 15) is 0 Å². The van der Waals surface area contributed by atoms with Crippen LogP contribution in [0.25, 0.3) is 11.1 Å². The van der Waals surface area contributed by atoms with E-state index < -0.39 is 0 Å². The van der Waals surface area contributed by atoms with Crippen LogP contribution in [0.15, 0.2) is 54.6 Å². The molecule has 0 radical (unpaired) electrons. The predicted molar refractivity (Wildman–Crippen MR) is 67.5 cm³/mol. The second-order valence-electron chi connectivity index (χ2n) is 4.31. The van der Waals surface area contributed by atoms with Crippen LogP contribution in [0.1, 0.15) is 11.5 Å². The molecule has 1 fully saturated rings. The number of hydrogen-bond acceptors (Lipinski definition) is 1. The fraction of sp³-hybridized carbons (Fsp3) is 0.200. The molecule has 1 heterocycles. The van der Waals surface area contributed by atoms with Gasteiger partial charge in [-0.3, -0.25) is 0 Å². The first-order valence-corrected chi connectivity index (χ1v) is 5.80. The average molecular weight is 209 g/mol. The number of nitrogens with one attached hydrogen (secondary N) is 1. The highest BCUT2D eigenvalue weighted by atomic mass is 14.9. The van der Waals surface area contributed by atoms with Crippen LogP contribution in [0.2, 0.25) is 0 Å². The maximum atomic E-state index is 3.34. The molecule has 2 aromatic carbocycles. The summed E-state index contributed by atoms with van der Waals surface area (Å²) in [6, 6.07) is 19.4. The first-order chi connectivity index (χ1) is 7.95. The van der Waals surface area contributed by atoms with Gasteiger partial charge in [0.15, 0.2) is 0 Å². The van der Waals surface area contributed by atoms with Gasteiger partial charge >= 0.3 is 0 Å². The Kier molecular flexibility index (Phi) is 2.47. The highest BCUT2D eigenvalue weighted by Gasteiger charge is 2.21. The Morgan fingerprint density at radius 2 is 1.50 bits per heavy atom. The zero-order chi connectivity index (χ0) is 10.8. The summed E-state index contributed by atoms with van der Waals surface area (Å²) in [4.78, 5) is 0. The minimum atomic E-state index is 0.691. The van der Waals surface area contributed by atoms with E-state index in [4.69, 9.17) is 0 Å². The fourth-order valence-corrected chi connectivity index (χ4v) is 2.24. The van der Waals surface area contributed by atoms with Gasteiger partial charge in [-0.25, -0.2) is 0 Å². The topological polar surface area (TPSA) is 12.0 Å². The van der Waals surface area contributed by atoms with Gasteiger partial charge in [-0.15, -0.1) is 0 Å². The Morgan fingerprint density at radius 3 is 2.19 bits per heavy atom. The normalized spacial score (nSPS) is 15.8. The van der Waals surface area contributed by atoms with E-state index >= 15 is 0 Å². The van der Waals surface area contributed by atoms with Gasteiger partial charge in [-0.05, 0) is 16.7 Å². The van der Waals surface area contributed by atoms with E-state index in [2.05, 4.69) is 59.9 Å². The maximum Gasteiger partial charge on any atom is 0.00947 e. The molecule has 1 saturated heterocycles. The number of hydrogen-bond donors (Lipinski definition) is 1. The summed E-state index contributed by atoms with van der Waals surface area (Å²) in [5, 5.41) is 3.34. The molecule has 2 aromatic rings. The quantitative estimate of drug-likeness (QED) is 0.801. The molecule has 16 heavy (non-hydrogen) atoms. The Balaban J connectivity index is 2.06. The fourth-order valence-electron chi connectivity index (χ4n) is 2.24. The molecule has 1 N–H and O–H groups in total. The van der Waals surface area contributed by atoms with Crippen molar-refractivity contribution in [1.29, 1.82) is 0 Å². The number of rotatable bonds is 2. The Morgan fingerprint density at radius 1 is 0.812 bits per heavy atom. The molecule has 0 atom stereocenters. The van der Waals surface area contributed by atoms with Crippen LogP contribution in [0.3, 0.4) is 0 Å². The molecular weight excluding hydrogens is 194 g/mol. The van der Waals surface area contributed by atoms with Crippen LogP contribution < -0.4 is 5.32 Å². The molecule has 0 amide bonds. The lowest BCUT2D eigenvalue weighted by Gasteiger charge is -2.29. The monoisotopic (exact) mass is 209 g/mol. The lowest BCUT2D eigenvalue weighted by atomic mass is 9.87. The first-order valence-electron chi connectivity index (χ1n) is 5.80. The largest absolute Gasteiger partial charge is 0.315 e. The van der Waals surface area contributed by atoms with E-state index in [-0.39, 0.29) is 0 Å². The zero-order valence-corrected chi connectivity index (χ0v) is 9.19. The predicted octanol–water partition coefficient (Wildman–Crippen LogP) is 3.04. The summed E-state index contributed by atoms with van der Waals surface area (Å²) in [6.07, 6.45) is 0. The molecule has 1 nitrogen and oxygen atoms in total. The summed E-state index contributed by atoms with van der Waals surface area (Å²) >= 11 is 0. The van der Waals surface area contributed by atoms with Crippen molar-refractivity contribution in [2.75, 3.05) is 13.1 Å². The van der Waals surface area contributed by atoms with Crippen molar-refractivity contribution in [3.63, 3.8) is 0 Å². The Labute approximate surface area is 96.1 Å². The smallest absolute Gasteiger partial charge is 0.00947 e. The van der Waals surface area contributed by atoms with Gasteiger partial charge in [-0.2, -0.15) is 0 Å². The van der Waals surface area contributed by atoms with Gasteiger partial charge in [-0.1, -0.05) is 54.6 Å². The Bertz CT molecular complexity index is 472. The van der Waals surface area contributed by atoms with Crippen LogP contribution in [-0.2, 0) is 0 Å². The van der Waals surface area contributed by atoms with Crippen LogP contribution in [-0.4, -0.2) is 13.1 Å². The van der Waals surface area contributed by atoms with Crippen molar-refractivity contribution in [2.45, 2.75) is 5.92 Å². The lowest BCUT2D eigenvalue weighted by Crippen LogP contribution is -2.40. The van der Waals surface area contributed by atoms with Gasteiger partial charge in [0, 0.05) is 19.0 Å². The van der Waals surface area contributed by atoms with Gasteiger partial charge < -0.3 is 5.32 Å². The van der Waals surface area contributed by atoms with Crippen LogP contribution >= 0.6 is 0 Å². The average Bonchev–Trinajstić information content (AvgIpc) is 2.29. The Hall–Kier alpha value is -1.60. The highest BCUT2D eigenvalue weighted by Crippen LogP contribution is 2.30. The minimum Gasteiger partial charge on any atom is -0.315 e. The van der Waals surface area contributed by atoms with E-state index in [0.29, 0.717) is 5.92 Å². The van der Waals surface area contributed by atoms with Crippen molar-refractivity contribution < 1.29 is 0 Å². The molecule has 0 aliphatic carbocycles. The third-order valence-corrected chi connectivity index (χ3v) is 3.27. The first kappa shape index (κ1) is 9.61. The molecule has 0 bridgehead atoms. The molecule has 1 aliphatic rings. The van der Waals surface area contributed by atoms with E-state index in [0.717, 1.165) is 13.1 Å². The van der Waals surface area contributed by atoms with E-state index in [1.54, 1.807) is 0 Å². The number of benzene rings is 2. The molecule has 0 spiro atoms. The third kappa shape index (κ3) is 1.63. The lowest BCUT2D eigenvalue weighted by molar-refractivity contribution is 0.449. The standard InChI is InChI=1S/C15H15N/c1-2-6-12(7-3-1)14-8-4-5-9-15(14)13-10-16-11-13/h1-9,13,16H,10-11H2. The summed E-state index contributed by atoms with van der Waals surface area (Å²) in [6.45, 7) is 2.23. The molecule has 1 heteroatoms. The van der Waals surface area contributed by atoms with Crippen molar-refractivity contribution in [3.05, 3.63) is 60.2 Å². The molecule has 0 saturated carbocycles. The van der Waals surface area contributed by atoms with Crippen molar-refractivity contribution in [2.24, 2.45) is 0 Å². The van der Waals surface area contributed by atoms with Crippen LogP contribution in [0, 0.1) is 0 Å². The summed E-state index contributed by atoms with van der Waals surface area (Å²) in [5.41, 5.74) is 4.19. The molecule has 1 aliphatic heterocycles.